The molecule has 3 heterocycles. The topological polar surface area (TPSA) is 71.5 Å². The molecule has 8 heteroatoms. The number of carbonyl (C=O) groups excluding carboxylic acids is 1. The molecule has 0 bridgehead atoms. The monoisotopic (exact) mass is 451 g/mol. The lowest BCUT2D eigenvalue weighted by Crippen LogP contribution is -2.42. The number of hydrogen-bond donors (Lipinski definition) is 0. The molecule has 0 spiro atoms. The van der Waals surface area contributed by atoms with Crippen LogP contribution >= 0.6 is 11.6 Å². The van der Waals surface area contributed by atoms with Crippen LogP contribution in [0.25, 0.3) is 11.1 Å². The van der Waals surface area contributed by atoms with Crippen molar-refractivity contribution in [3.8, 4) is 17.0 Å². The summed E-state index contributed by atoms with van der Waals surface area (Å²) in [7, 11) is 3.85. The first kappa shape index (κ1) is 22.0. The maximum absolute atomic E-state index is 12.8. The van der Waals surface area contributed by atoms with E-state index in [0.29, 0.717) is 29.9 Å². The van der Waals surface area contributed by atoms with Crippen molar-refractivity contribution >= 4 is 23.5 Å². The first-order valence-electron chi connectivity index (χ1n) is 10.6. The van der Waals surface area contributed by atoms with Gasteiger partial charge in [0, 0.05) is 62.1 Å². The third-order valence-electron chi connectivity index (χ3n) is 5.50. The van der Waals surface area contributed by atoms with Crippen molar-refractivity contribution in [2.45, 2.75) is 18.8 Å². The molecule has 1 saturated heterocycles. The summed E-state index contributed by atoms with van der Waals surface area (Å²) >= 11 is 6.08. The maximum atomic E-state index is 12.8. The number of hydrogen-bond acceptors (Lipinski definition) is 6. The van der Waals surface area contributed by atoms with E-state index in [9.17, 15) is 4.79 Å². The number of pyridine rings is 1. The molecule has 2 aromatic heterocycles. The summed E-state index contributed by atoms with van der Waals surface area (Å²) in [5.41, 5.74) is 2.93. The number of anilines is 1. The van der Waals surface area contributed by atoms with Crippen molar-refractivity contribution in [1.82, 2.24) is 19.9 Å². The second kappa shape index (κ2) is 9.96. The summed E-state index contributed by atoms with van der Waals surface area (Å²) in [4.78, 5) is 30.1. The molecular weight excluding hydrogens is 426 g/mol. The Balaban J connectivity index is 1.55. The molecule has 0 aliphatic carbocycles. The number of nitrogens with zero attached hydrogens (tertiary/aromatic N) is 5. The number of amides is 1. The summed E-state index contributed by atoms with van der Waals surface area (Å²) < 4.78 is 5.57. The van der Waals surface area contributed by atoms with Gasteiger partial charge >= 0.3 is 0 Å². The number of piperidine rings is 1. The van der Waals surface area contributed by atoms with E-state index in [1.165, 1.54) is 0 Å². The summed E-state index contributed by atoms with van der Waals surface area (Å²) in [5, 5.41) is 0.684. The van der Waals surface area contributed by atoms with Gasteiger partial charge in [-0.2, -0.15) is 0 Å². The fourth-order valence-electron chi connectivity index (χ4n) is 3.85. The van der Waals surface area contributed by atoms with E-state index >= 15 is 0 Å². The molecule has 1 atom stereocenters. The van der Waals surface area contributed by atoms with Gasteiger partial charge in [0.15, 0.2) is 6.61 Å². The molecular formula is C24H26ClN5O2. The standard InChI is InChI=1S/C24H26ClN5O2/c1-29(2)24-27-14-20(17-8-10-19(25)11-9-17)23(28-24)18-6-5-13-30(15-18)22(31)16-32-21-7-3-4-12-26-21/h3-4,7-12,14,18H,5-6,13,15-16H2,1-2H3/t18-/m0/s1. The van der Waals surface area contributed by atoms with Gasteiger partial charge in [-0.25, -0.2) is 15.0 Å². The molecule has 1 aliphatic rings. The first-order chi connectivity index (χ1) is 15.5. The van der Waals surface area contributed by atoms with E-state index < -0.39 is 0 Å². The predicted octanol–water partition coefficient (Wildman–Crippen LogP) is 4.04. The van der Waals surface area contributed by atoms with E-state index in [1.807, 2.05) is 66.5 Å². The van der Waals surface area contributed by atoms with Gasteiger partial charge in [0.2, 0.25) is 11.8 Å². The van der Waals surface area contributed by atoms with Crippen molar-refractivity contribution in [1.29, 1.82) is 0 Å². The van der Waals surface area contributed by atoms with Gasteiger partial charge in [-0.3, -0.25) is 4.79 Å². The Labute approximate surface area is 193 Å². The number of benzene rings is 1. The SMILES string of the molecule is CN(C)c1ncc(-c2ccc(Cl)cc2)c([C@H]2CCCN(C(=O)COc3ccccn3)C2)n1. The highest BCUT2D eigenvalue weighted by atomic mass is 35.5. The molecule has 4 rings (SSSR count). The molecule has 7 nitrogen and oxygen atoms in total. The van der Waals surface area contributed by atoms with Gasteiger partial charge in [-0.15, -0.1) is 0 Å². The molecule has 32 heavy (non-hydrogen) atoms. The average molecular weight is 452 g/mol. The largest absolute Gasteiger partial charge is 0.468 e. The van der Waals surface area contributed by atoms with Gasteiger partial charge in [0.25, 0.3) is 5.91 Å². The summed E-state index contributed by atoms with van der Waals surface area (Å²) in [6.07, 6.45) is 5.37. The number of carbonyl (C=O) groups is 1. The summed E-state index contributed by atoms with van der Waals surface area (Å²) in [6.45, 7) is 1.28. The Morgan fingerprint density at radius 1 is 1.19 bits per heavy atom. The van der Waals surface area contributed by atoms with Crippen LogP contribution in [0.4, 0.5) is 5.95 Å². The normalized spacial score (nSPS) is 16.0. The number of likely N-dealkylation sites (tertiary alicyclic amines) is 1. The minimum atomic E-state index is -0.0460. The van der Waals surface area contributed by atoms with Gasteiger partial charge in [0.1, 0.15) is 0 Å². The third kappa shape index (κ3) is 5.16. The highest BCUT2D eigenvalue weighted by molar-refractivity contribution is 6.30. The average Bonchev–Trinajstić information content (AvgIpc) is 2.83. The molecule has 1 aliphatic heterocycles. The van der Waals surface area contributed by atoms with Crippen LogP contribution in [0, 0.1) is 0 Å². The van der Waals surface area contributed by atoms with E-state index in [-0.39, 0.29) is 18.4 Å². The number of rotatable bonds is 6. The van der Waals surface area contributed by atoms with Crippen molar-refractivity contribution in [3.05, 3.63) is 65.6 Å². The van der Waals surface area contributed by atoms with Gasteiger partial charge in [-0.1, -0.05) is 29.8 Å². The van der Waals surface area contributed by atoms with Crippen LogP contribution in [0.5, 0.6) is 5.88 Å². The number of ether oxygens (including phenoxy) is 1. The van der Waals surface area contributed by atoms with E-state index in [1.54, 1.807) is 12.3 Å². The van der Waals surface area contributed by atoms with E-state index in [4.69, 9.17) is 21.3 Å². The van der Waals surface area contributed by atoms with Crippen LogP contribution in [0.1, 0.15) is 24.5 Å². The van der Waals surface area contributed by atoms with Crippen molar-refractivity contribution in [3.63, 3.8) is 0 Å². The van der Waals surface area contributed by atoms with E-state index in [2.05, 4.69) is 9.97 Å². The van der Waals surface area contributed by atoms with Crippen LogP contribution < -0.4 is 9.64 Å². The zero-order valence-electron chi connectivity index (χ0n) is 18.2. The molecule has 0 saturated carbocycles. The fourth-order valence-corrected chi connectivity index (χ4v) is 3.98. The lowest BCUT2D eigenvalue weighted by Gasteiger charge is -2.33. The second-order valence-corrected chi connectivity index (χ2v) is 8.44. The zero-order valence-corrected chi connectivity index (χ0v) is 19.0. The number of aromatic nitrogens is 3. The minimum absolute atomic E-state index is 0.0273. The molecule has 3 aromatic rings. The second-order valence-electron chi connectivity index (χ2n) is 8.01. The quantitative estimate of drug-likeness (QED) is 0.563. The highest BCUT2D eigenvalue weighted by Crippen LogP contribution is 2.34. The van der Waals surface area contributed by atoms with Crippen LogP contribution in [0.3, 0.4) is 0 Å². The zero-order chi connectivity index (χ0) is 22.5. The molecule has 1 aromatic carbocycles. The number of halogens is 1. The van der Waals surface area contributed by atoms with Crippen LogP contribution in [0.2, 0.25) is 5.02 Å². The molecule has 1 fully saturated rings. The third-order valence-corrected chi connectivity index (χ3v) is 5.75. The van der Waals surface area contributed by atoms with Crippen LogP contribution in [-0.4, -0.2) is 59.6 Å². The summed E-state index contributed by atoms with van der Waals surface area (Å²) in [5.74, 6) is 1.16. The van der Waals surface area contributed by atoms with Crippen molar-refractivity contribution < 1.29 is 9.53 Å². The van der Waals surface area contributed by atoms with Crippen molar-refractivity contribution in [2.75, 3.05) is 38.7 Å². The Hall–Kier alpha value is -3.19. The molecule has 166 valence electrons. The van der Waals surface area contributed by atoms with Gasteiger partial charge < -0.3 is 14.5 Å². The van der Waals surface area contributed by atoms with E-state index in [0.717, 1.165) is 29.7 Å². The lowest BCUT2D eigenvalue weighted by molar-refractivity contribution is -0.134. The Kier molecular flexibility index (Phi) is 6.85. The molecule has 0 unspecified atom stereocenters. The van der Waals surface area contributed by atoms with Gasteiger partial charge in [-0.05, 0) is 36.6 Å². The van der Waals surface area contributed by atoms with Crippen molar-refractivity contribution in [2.24, 2.45) is 0 Å². The Morgan fingerprint density at radius 2 is 2.00 bits per heavy atom. The summed E-state index contributed by atoms with van der Waals surface area (Å²) in [6, 6.07) is 13.1. The maximum Gasteiger partial charge on any atom is 0.260 e. The Morgan fingerprint density at radius 3 is 2.72 bits per heavy atom. The minimum Gasteiger partial charge on any atom is -0.468 e. The van der Waals surface area contributed by atoms with Crippen LogP contribution in [-0.2, 0) is 4.79 Å². The fraction of sp³-hybridized carbons (Fsp3) is 0.333. The molecule has 0 radical (unpaired) electrons. The predicted molar refractivity (Wildman–Crippen MR) is 125 cm³/mol. The van der Waals surface area contributed by atoms with Gasteiger partial charge in [0.05, 0.1) is 5.69 Å². The Bertz CT molecular complexity index is 1060. The molecule has 0 N–H and O–H groups in total. The molecule has 1 amide bonds. The van der Waals surface area contributed by atoms with Crippen LogP contribution in [0.15, 0.2) is 54.9 Å². The lowest BCUT2D eigenvalue weighted by atomic mass is 9.90. The smallest absolute Gasteiger partial charge is 0.260 e. The first-order valence-corrected chi connectivity index (χ1v) is 11.0. The highest BCUT2D eigenvalue weighted by Gasteiger charge is 2.28.